The summed E-state index contributed by atoms with van der Waals surface area (Å²) in [5.41, 5.74) is 0. The van der Waals surface area contributed by atoms with Gasteiger partial charge in [0.2, 0.25) is 5.91 Å². The molecule has 0 aliphatic heterocycles. The first-order valence-corrected chi connectivity index (χ1v) is 6.94. The summed E-state index contributed by atoms with van der Waals surface area (Å²) in [6.45, 7) is 5.24. The molecular weight excluding hydrogens is 212 g/mol. The molecule has 0 atom stereocenters. The van der Waals surface area contributed by atoms with Crippen LogP contribution in [0, 0.1) is 0 Å². The minimum Gasteiger partial charge on any atom is -0.355 e. The molecule has 0 saturated heterocycles. The van der Waals surface area contributed by atoms with Crippen LogP contribution in [0.15, 0.2) is 12.7 Å². The molecule has 0 bridgehead atoms. The maximum atomic E-state index is 11.3. The van der Waals surface area contributed by atoms with E-state index in [-0.39, 0.29) is 5.91 Å². The highest BCUT2D eigenvalue weighted by Gasteiger charge is 2.10. The van der Waals surface area contributed by atoms with Crippen molar-refractivity contribution in [2.24, 2.45) is 0 Å². The molecule has 0 unspecified atom stereocenters. The van der Waals surface area contributed by atoms with Gasteiger partial charge in [-0.25, -0.2) is 0 Å². The second kappa shape index (κ2) is 9.23. The molecule has 1 aliphatic carbocycles. The first-order chi connectivity index (χ1) is 8.33. The van der Waals surface area contributed by atoms with Gasteiger partial charge < -0.3 is 10.6 Å². The van der Waals surface area contributed by atoms with Crippen LogP contribution in [0.2, 0.25) is 0 Å². The Morgan fingerprint density at radius 3 is 2.53 bits per heavy atom. The quantitative estimate of drug-likeness (QED) is 0.406. The average molecular weight is 238 g/mol. The maximum Gasteiger partial charge on any atom is 0.220 e. The monoisotopic (exact) mass is 238 g/mol. The van der Waals surface area contributed by atoms with Gasteiger partial charge in [0.15, 0.2) is 0 Å². The topological polar surface area (TPSA) is 41.1 Å². The van der Waals surface area contributed by atoms with E-state index < -0.39 is 0 Å². The highest BCUT2D eigenvalue weighted by atomic mass is 16.1. The van der Waals surface area contributed by atoms with Crippen LogP contribution in [-0.2, 0) is 4.79 Å². The van der Waals surface area contributed by atoms with Gasteiger partial charge in [-0.3, -0.25) is 4.79 Å². The molecule has 0 radical (unpaired) electrons. The van der Waals surface area contributed by atoms with E-state index in [0.717, 1.165) is 19.5 Å². The van der Waals surface area contributed by atoms with Gasteiger partial charge in [-0.2, -0.15) is 0 Å². The first-order valence-electron chi connectivity index (χ1n) is 6.94. The Kier molecular flexibility index (Phi) is 7.72. The van der Waals surface area contributed by atoms with Crippen LogP contribution in [0.5, 0.6) is 0 Å². The van der Waals surface area contributed by atoms with Crippen molar-refractivity contribution in [2.45, 2.75) is 57.4 Å². The van der Waals surface area contributed by atoms with E-state index in [0.29, 0.717) is 12.5 Å². The zero-order valence-electron chi connectivity index (χ0n) is 10.8. The number of allylic oxidation sites excluding steroid dienone is 1. The fourth-order valence-electron chi connectivity index (χ4n) is 2.28. The largest absolute Gasteiger partial charge is 0.355 e. The Hall–Kier alpha value is -0.830. The number of rotatable bonds is 7. The number of hydrogen-bond acceptors (Lipinski definition) is 2. The van der Waals surface area contributed by atoms with Crippen LogP contribution in [-0.4, -0.2) is 25.0 Å². The van der Waals surface area contributed by atoms with Crippen LogP contribution in [0.3, 0.4) is 0 Å². The second-order valence-corrected chi connectivity index (χ2v) is 4.82. The van der Waals surface area contributed by atoms with Crippen molar-refractivity contribution in [1.29, 1.82) is 0 Å². The molecule has 1 rings (SSSR count). The Labute approximate surface area is 105 Å². The molecule has 1 saturated carbocycles. The summed E-state index contributed by atoms with van der Waals surface area (Å²) in [5, 5.41) is 6.46. The SMILES string of the molecule is C=CCCC(=O)NCCNC1CCCCCC1. The molecule has 1 amide bonds. The van der Waals surface area contributed by atoms with E-state index >= 15 is 0 Å². The molecule has 0 aromatic rings. The lowest BCUT2D eigenvalue weighted by atomic mass is 10.1. The third-order valence-corrected chi connectivity index (χ3v) is 3.31. The Balaban J connectivity index is 1.98. The molecule has 3 nitrogen and oxygen atoms in total. The predicted molar refractivity (Wildman–Crippen MR) is 71.9 cm³/mol. The summed E-state index contributed by atoms with van der Waals surface area (Å²) < 4.78 is 0. The Morgan fingerprint density at radius 2 is 1.88 bits per heavy atom. The van der Waals surface area contributed by atoms with Crippen LogP contribution in [0.1, 0.15) is 51.4 Å². The van der Waals surface area contributed by atoms with Gasteiger partial charge in [0.25, 0.3) is 0 Å². The average Bonchev–Trinajstić information content (AvgIpc) is 2.60. The number of carbonyl (C=O) groups excluding carboxylic acids is 1. The number of carbonyl (C=O) groups is 1. The molecular formula is C14H26N2O. The Morgan fingerprint density at radius 1 is 1.18 bits per heavy atom. The van der Waals surface area contributed by atoms with E-state index in [4.69, 9.17) is 0 Å². The normalized spacial score (nSPS) is 17.4. The van der Waals surface area contributed by atoms with E-state index in [1.165, 1.54) is 38.5 Å². The van der Waals surface area contributed by atoms with Crippen molar-refractivity contribution in [3.05, 3.63) is 12.7 Å². The molecule has 17 heavy (non-hydrogen) atoms. The van der Waals surface area contributed by atoms with Crippen molar-refractivity contribution in [1.82, 2.24) is 10.6 Å². The third kappa shape index (κ3) is 7.16. The fraction of sp³-hybridized carbons (Fsp3) is 0.786. The minimum atomic E-state index is 0.132. The van der Waals surface area contributed by atoms with Gasteiger partial charge in [-0.1, -0.05) is 31.8 Å². The summed E-state index contributed by atoms with van der Waals surface area (Å²) in [4.78, 5) is 11.3. The molecule has 1 fully saturated rings. The van der Waals surface area contributed by atoms with Crippen LogP contribution in [0.25, 0.3) is 0 Å². The lowest BCUT2D eigenvalue weighted by Gasteiger charge is -2.16. The highest BCUT2D eigenvalue weighted by Crippen LogP contribution is 2.16. The smallest absolute Gasteiger partial charge is 0.220 e. The second-order valence-electron chi connectivity index (χ2n) is 4.82. The standard InChI is InChI=1S/C14H26N2O/c1-2-3-10-14(17)16-12-11-15-13-8-6-4-5-7-9-13/h2,13,15H,1,3-12H2,(H,16,17). The number of nitrogens with one attached hydrogen (secondary N) is 2. The van der Waals surface area contributed by atoms with Gasteiger partial charge in [-0.15, -0.1) is 6.58 Å². The predicted octanol–water partition coefficient (Wildman–Crippen LogP) is 2.38. The molecule has 1 aliphatic rings. The summed E-state index contributed by atoms with van der Waals surface area (Å²) in [6, 6.07) is 0.669. The van der Waals surface area contributed by atoms with Gasteiger partial charge in [0.05, 0.1) is 0 Å². The van der Waals surface area contributed by atoms with Crippen molar-refractivity contribution >= 4 is 5.91 Å². The molecule has 0 aromatic heterocycles. The van der Waals surface area contributed by atoms with Gasteiger partial charge in [0.1, 0.15) is 0 Å². The van der Waals surface area contributed by atoms with Gasteiger partial charge in [0, 0.05) is 25.6 Å². The molecule has 0 spiro atoms. The molecule has 2 N–H and O–H groups in total. The summed E-state index contributed by atoms with van der Waals surface area (Å²) in [5.74, 6) is 0.132. The molecule has 0 heterocycles. The summed E-state index contributed by atoms with van der Waals surface area (Å²) >= 11 is 0. The first kappa shape index (κ1) is 14.2. The zero-order valence-corrected chi connectivity index (χ0v) is 10.8. The van der Waals surface area contributed by atoms with Crippen molar-refractivity contribution < 1.29 is 4.79 Å². The third-order valence-electron chi connectivity index (χ3n) is 3.31. The lowest BCUT2D eigenvalue weighted by Crippen LogP contribution is -2.36. The van der Waals surface area contributed by atoms with E-state index in [9.17, 15) is 4.79 Å². The highest BCUT2D eigenvalue weighted by molar-refractivity contribution is 5.75. The summed E-state index contributed by atoms with van der Waals surface area (Å²) in [6.07, 6.45) is 11.2. The van der Waals surface area contributed by atoms with Crippen molar-refractivity contribution in [3.8, 4) is 0 Å². The van der Waals surface area contributed by atoms with Gasteiger partial charge >= 0.3 is 0 Å². The number of hydrogen-bond donors (Lipinski definition) is 2. The van der Waals surface area contributed by atoms with Crippen LogP contribution >= 0.6 is 0 Å². The fourth-order valence-corrected chi connectivity index (χ4v) is 2.28. The molecule has 0 aromatic carbocycles. The minimum absolute atomic E-state index is 0.132. The molecule has 98 valence electrons. The molecule has 3 heteroatoms. The summed E-state index contributed by atoms with van der Waals surface area (Å²) in [7, 11) is 0. The van der Waals surface area contributed by atoms with E-state index in [2.05, 4.69) is 17.2 Å². The zero-order chi connectivity index (χ0) is 12.3. The van der Waals surface area contributed by atoms with Gasteiger partial charge in [-0.05, 0) is 19.3 Å². The Bertz CT molecular complexity index is 220. The van der Waals surface area contributed by atoms with E-state index in [1.807, 2.05) is 0 Å². The van der Waals surface area contributed by atoms with Crippen LogP contribution in [0.4, 0.5) is 0 Å². The van der Waals surface area contributed by atoms with Crippen LogP contribution < -0.4 is 10.6 Å². The maximum absolute atomic E-state index is 11.3. The van der Waals surface area contributed by atoms with Crippen molar-refractivity contribution in [3.63, 3.8) is 0 Å². The van der Waals surface area contributed by atoms with Crippen molar-refractivity contribution in [2.75, 3.05) is 13.1 Å². The lowest BCUT2D eigenvalue weighted by molar-refractivity contribution is -0.120. The number of amides is 1. The van der Waals surface area contributed by atoms with E-state index in [1.54, 1.807) is 6.08 Å².